The van der Waals surface area contributed by atoms with Gasteiger partial charge in [0.2, 0.25) is 5.91 Å². The van der Waals surface area contributed by atoms with Gasteiger partial charge in [-0.1, -0.05) is 0 Å². The Labute approximate surface area is 143 Å². The van der Waals surface area contributed by atoms with Crippen LogP contribution in [0.25, 0.3) is 0 Å². The number of halogens is 2. The molecular weight excluding hydrogens is 332 g/mol. The first-order valence-corrected chi connectivity index (χ1v) is 8.83. The average Bonchev–Trinajstić information content (AvgIpc) is 2.96. The monoisotopic (exact) mass is 351 g/mol. The van der Waals surface area contributed by atoms with Crippen LogP contribution >= 0.6 is 11.3 Å². The minimum Gasteiger partial charge on any atom is -0.365 e. The van der Waals surface area contributed by atoms with E-state index >= 15 is 0 Å². The molecule has 0 N–H and O–H groups in total. The van der Waals surface area contributed by atoms with Crippen LogP contribution in [0.5, 0.6) is 0 Å². The number of anilines is 2. The summed E-state index contributed by atoms with van der Waals surface area (Å²) in [5, 5.41) is 2.55. The number of hydrogen-bond donors (Lipinski definition) is 0. The van der Waals surface area contributed by atoms with E-state index in [1.54, 1.807) is 4.90 Å². The first-order chi connectivity index (χ1) is 11.5. The van der Waals surface area contributed by atoms with E-state index in [9.17, 15) is 13.6 Å². The number of carbonyl (C=O) groups is 1. The van der Waals surface area contributed by atoms with Crippen molar-refractivity contribution >= 4 is 28.1 Å². The first kappa shape index (κ1) is 16.8. The molecule has 0 atom stereocenters. The minimum absolute atomic E-state index is 0.0501. The zero-order valence-corrected chi connectivity index (χ0v) is 14.5. The summed E-state index contributed by atoms with van der Waals surface area (Å²) < 4.78 is 27.6. The lowest BCUT2D eigenvalue weighted by Gasteiger charge is -2.31. The second-order valence-corrected chi connectivity index (χ2v) is 6.63. The lowest BCUT2D eigenvalue weighted by Crippen LogP contribution is -2.30. The van der Waals surface area contributed by atoms with Crippen molar-refractivity contribution in [1.29, 1.82) is 0 Å². The molecular formula is C17H19F2N3OS. The van der Waals surface area contributed by atoms with Crippen LogP contribution in [0.1, 0.15) is 31.5 Å². The Bertz CT molecular complexity index is 762. The van der Waals surface area contributed by atoms with Crippen molar-refractivity contribution < 1.29 is 13.6 Å². The molecule has 24 heavy (non-hydrogen) atoms. The van der Waals surface area contributed by atoms with Gasteiger partial charge in [0.1, 0.15) is 11.6 Å². The number of nitrogens with zero attached hydrogens (tertiary/aromatic N) is 3. The fraction of sp³-hybridized carbons (Fsp3) is 0.412. The average molecular weight is 351 g/mol. The highest BCUT2D eigenvalue weighted by Crippen LogP contribution is 2.32. The summed E-state index contributed by atoms with van der Waals surface area (Å²) in [7, 11) is 0. The topological polar surface area (TPSA) is 36.4 Å². The van der Waals surface area contributed by atoms with Crippen LogP contribution in [0.3, 0.4) is 0 Å². The van der Waals surface area contributed by atoms with Crippen molar-refractivity contribution in [2.24, 2.45) is 0 Å². The molecule has 3 rings (SSSR count). The van der Waals surface area contributed by atoms with Gasteiger partial charge in [0.05, 0.1) is 12.2 Å². The lowest BCUT2D eigenvalue weighted by atomic mass is 10.0. The van der Waals surface area contributed by atoms with Crippen molar-refractivity contribution in [3.8, 4) is 0 Å². The van der Waals surface area contributed by atoms with E-state index < -0.39 is 11.6 Å². The smallest absolute Gasteiger partial charge is 0.225 e. The summed E-state index contributed by atoms with van der Waals surface area (Å²) in [5.74, 6) is -1.10. The normalized spacial score (nSPS) is 13.8. The Balaban J connectivity index is 1.84. The van der Waals surface area contributed by atoms with E-state index in [-0.39, 0.29) is 5.91 Å². The molecule has 7 heteroatoms. The van der Waals surface area contributed by atoms with Crippen LogP contribution in [0.4, 0.5) is 19.6 Å². The standard InChI is InChI=1S/C17H19F2N3OS/c1-3-22(11(2)23)17-20-13(10-24-17)9-21-6-4-5-14-15(19)7-12(18)8-16(14)21/h7-8,10H,3-6,9H2,1-2H3. The van der Waals surface area contributed by atoms with Crippen LogP contribution in [0, 0.1) is 11.6 Å². The number of benzene rings is 1. The van der Waals surface area contributed by atoms with Crippen molar-refractivity contribution in [3.05, 3.63) is 40.4 Å². The van der Waals surface area contributed by atoms with E-state index in [0.29, 0.717) is 35.9 Å². The van der Waals surface area contributed by atoms with Crippen LogP contribution in [0.15, 0.2) is 17.5 Å². The molecule has 0 spiro atoms. The van der Waals surface area contributed by atoms with Crippen LogP contribution in [0.2, 0.25) is 0 Å². The zero-order valence-electron chi connectivity index (χ0n) is 13.7. The number of aromatic nitrogens is 1. The fourth-order valence-corrected chi connectivity index (χ4v) is 3.96. The summed E-state index contributed by atoms with van der Waals surface area (Å²) in [6.07, 6.45) is 1.44. The van der Waals surface area contributed by atoms with Gasteiger partial charge in [-0.3, -0.25) is 9.69 Å². The number of thiazole rings is 1. The van der Waals surface area contributed by atoms with E-state index in [4.69, 9.17) is 0 Å². The summed E-state index contributed by atoms with van der Waals surface area (Å²) in [4.78, 5) is 19.7. The Morgan fingerprint density at radius 1 is 1.42 bits per heavy atom. The number of fused-ring (bicyclic) bond motifs is 1. The quantitative estimate of drug-likeness (QED) is 0.842. The van der Waals surface area contributed by atoms with Gasteiger partial charge in [0.15, 0.2) is 5.13 Å². The molecule has 0 unspecified atom stereocenters. The second kappa shape index (κ2) is 6.84. The third-order valence-electron chi connectivity index (χ3n) is 4.15. The largest absolute Gasteiger partial charge is 0.365 e. The minimum atomic E-state index is -0.564. The Morgan fingerprint density at radius 3 is 2.92 bits per heavy atom. The summed E-state index contributed by atoms with van der Waals surface area (Å²) in [6.45, 7) is 5.17. The third kappa shape index (κ3) is 3.26. The maximum Gasteiger partial charge on any atom is 0.225 e. The van der Waals surface area contributed by atoms with Gasteiger partial charge in [-0.25, -0.2) is 13.8 Å². The molecule has 1 aliphatic heterocycles. The number of amides is 1. The highest BCUT2D eigenvalue weighted by molar-refractivity contribution is 7.14. The van der Waals surface area contributed by atoms with Gasteiger partial charge in [-0.05, 0) is 25.8 Å². The van der Waals surface area contributed by atoms with E-state index in [1.807, 2.05) is 17.2 Å². The summed E-state index contributed by atoms with van der Waals surface area (Å²) in [5.41, 5.74) is 1.97. The molecule has 4 nitrogen and oxygen atoms in total. The molecule has 2 aromatic rings. The van der Waals surface area contributed by atoms with E-state index in [2.05, 4.69) is 4.98 Å². The second-order valence-electron chi connectivity index (χ2n) is 5.80. The van der Waals surface area contributed by atoms with Gasteiger partial charge in [0.25, 0.3) is 0 Å². The Kier molecular flexibility index (Phi) is 4.80. The molecule has 0 fully saturated rings. The Morgan fingerprint density at radius 2 is 2.21 bits per heavy atom. The summed E-state index contributed by atoms with van der Waals surface area (Å²) >= 11 is 1.41. The van der Waals surface area contributed by atoms with E-state index in [1.165, 1.54) is 24.3 Å². The molecule has 2 heterocycles. The van der Waals surface area contributed by atoms with Crippen LogP contribution in [-0.2, 0) is 17.8 Å². The van der Waals surface area contributed by atoms with Crippen LogP contribution < -0.4 is 9.80 Å². The summed E-state index contributed by atoms with van der Waals surface area (Å²) in [6, 6.07) is 2.33. The maximum atomic E-state index is 14.0. The SMILES string of the molecule is CCN(C(C)=O)c1nc(CN2CCCc3c(F)cc(F)cc32)cs1. The molecule has 1 amide bonds. The Hall–Kier alpha value is -2.02. The molecule has 0 bridgehead atoms. The van der Waals surface area contributed by atoms with Crippen molar-refractivity contribution in [2.75, 3.05) is 22.9 Å². The molecule has 0 aliphatic carbocycles. The predicted molar refractivity (Wildman–Crippen MR) is 91.5 cm³/mol. The molecule has 128 valence electrons. The van der Waals surface area contributed by atoms with E-state index in [0.717, 1.165) is 24.7 Å². The maximum absolute atomic E-state index is 14.0. The van der Waals surface area contributed by atoms with Crippen molar-refractivity contribution in [3.63, 3.8) is 0 Å². The van der Waals surface area contributed by atoms with Gasteiger partial charge >= 0.3 is 0 Å². The highest BCUT2D eigenvalue weighted by atomic mass is 32.1. The third-order valence-corrected chi connectivity index (χ3v) is 5.06. The molecule has 0 saturated carbocycles. The molecule has 1 aliphatic rings. The van der Waals surface area contributed by atoms with Gasteiger partial charge < -0.3 is 4.90 Å². The van der Waals surface area contributed by atoms with Crippen molar-refractivity contribution in [2.45, 2.75) is 33.2 Å². The van der Waals surface area contributed by atoms with Crippen molar-refractivity contribution in [1.82, 2.24) is 4.98 Å². The lowest BCUT2D eigenvalue weighted by molar-refractivity contribution is -0.116. The molecule has 1 aromatic carbocycles. The molecule has 1 aromatic heterocycles. The predicted octanol–water partition coefficient (Wildman–Crippen LogP) is 3.75. The van der Waals surface area contributed by atoms with Gasteiger partial charge in [-0.15, -0.1) is 11.3 Å². The first-order valence-electron chi connectivity index (χ1n) is 7.95. The highest BCUT2D eigenvalue weighted by Gasteiger charge is 2.22. The molecule has 0 radical (unpaired) electrons. The van der Waals surface area contributed by atoms with Crippen LogP contribution in [-0.4, -0.2) is 24.0 Å². The zero-order chi connectivity index (χ0) is 17.3. The van der Waals surface area contributed by atoms with Gasteiger partial charge in [0, 0.05) is 42.7 Å². The number of carbonyl (C=O) groups excluding carboxylic acids is 1. The number of hydrogen-bond acceptors (Lipinski definition) is 4. The fourth-order valence-electron chi connectivity index (χ4n) is 3.03. The number of rotatable bonds is 4. The molecule has 0 saturated heterocycles. The van der Waals surface area contributed by atoms with Gasteiger partial charge in [-0.2, -0.15) is 0 Å².